The predicted molar refractivity (Wildman–Crippen MR) is 94.3 cm³/mol. The summed E-state index contributed by atoms with van der Waals surface area (Å²) in [6, 6.07) is 4.69. The highest BCUT2D eigenvalue weighted by Crippen LogP contribution is 2.21. The zero-order valence-electron chi connectivity index (χ0n) is 13.6. The number of sulfonamides is 1. The second-order valence-corrected chi connectivity index (χ2v) is 8.92. The molecular weight excluding hydrogens is 399 g/mol. The van der Waals surface area contributed by atoms with Crippen molar-refractivity contribution in [3.63, 3.8) is 0 Å². The van der Waals surface area contributed by atoms with Crippen molar-refractivity contribution < 1.29 is 17.6 Å². The lowest BCUT2D eigenvalue weighted by Gasteiger charge is -2.31. The second-order valence-electron chi connectivity index (χ2n) is 5.98. The lowest BCUT2D eigenvalue weighted by Crippen LogP contribution is -2.45. The van der Waals surface area contributed by atoms with Crippen molar-refractivity contribution in [2.75, 3.05) is 18.8 Å². The summed E-state index contributed by atoms with van der Waals surface area (Å²) in [6.45, 7) is 2.75. The summed E-state index contributed by atoms with van der Waals surface area (Å²) in [5.41, 5.74) is 0.662. The molecule has 1 N–H and O–H groups in total. The third-order valence-corrected chi connectivity index (χ3v) is 6.75. The van der Waals surface area contributed by atoms with Gasteiger partial charge in [-0.2, -0.15) is 0 Å². The first kappa shape index (κ1) is 19.3. The molecule has 1 fully saturated rings. The lowest BCUT2D eigenvalue weighted by molar-refractivity contribution is -0.126. The molecule has 1 aliphatic rings. The van der Waals surface area contributed by atoms with Crippen molar-refractivity contribution in [2.45, 2.75) is 32.7 Å². The number of carbonyl (C=O) groups is 1. The highest BCUT2D eigenvalue weighted by molar-refractivity contribution is 9.10. The standard InChI is InChI=1S/C16H22BrFN2O3S/c1-2-8-24(22,23)20-7-3-4-13(11-20)16(21)19-10-12-5-6-14(17)15(18)9-12/h5-6,9,13H,2-4,7-8,10-11H2,1H3,(H,19,21). The van der Waals surface area contributed by atoms with E-state index in [1.54, 1.807) is 12.1 Å². The van der Waals surface area contributed by atoms with E-state index in [4.69, 9.17) is 0 Å². The van der Waals surface area contributed by atoms with Gasteiger partial charge < -0.3 is 5.32 Å². The van der Waals surface area contributed by atoms with Crippen molar-refractivity contribution >= 4 is 31.9 Å². The van der Waals surface area contributed by atoms with Crippen LogP contribution >= 0.6 is 15.9 Å². The fourth-order valence-electron chi connectivity index (χ4n) is 2.78. The lowest BCUT2D eigenvalue weighted by atomic mass is 9.99. The molecule has 0 aliphatic carbocycles. The molecule has 24 heavy (non-hydrogen) atoms. The Kier molecular flexibility index (Phi) is 6.77. The Morgan fingerprint density at radius 2 is 2.21 bits per heavy atom. The topological polar surface area (TPSA) is 66.5 Å². The van der Waals surface area contributed by atoms with E-state index in [0.29, 0.717) is 35.8 Å². The number of nitrogens with one attached hydrogen (secondary N) is 1. The van der Waals surface area contributed by atoms with Gasteiger partial charge in [0.25, 0.3) is 0 Å². The Hall–Kier alpha value is -0.990. The van der Waals surface area contributed by atoms with Crippen molar-refractivity contribution in [3.8, 4) is 0 Å². The maximum Gasteiger partial charge on any atom is 0.224 e. The van der Waals surface area contributed by atoms with Crippen LogP contribution in [0.3, 0.4) is 0 Å². The largest absolute Gasteiger partial charge is 0.352 e. The zero-order chi connectivity index (χ0) is 17.7. The summed E-state index contributed by atoms with van der Waals surface area (Å²) in [7, 11) is -3.28. The molecule has 0 spiro atoms. The van der Waals surface area contributed by atoms with E-state index in [1.165, 1.54) is 10.4 Å². The third kappa shape index (κ3) is 5.00. The smallest absolute Gasteiger partial charge is 0.224 e. The van der Waals surface area contributed by atoms with Gasteiger partial charge in [-0.15, -0.1) is 0 Å². The van der Waals surface area contributed by atoms with Gasteiger partial charge in [-0.3, -0.25) is 4.79 Å². The molecule has 134 valence electrons. The van der Waals surface area contributed by atoms with Crippen LogP contribution in [0.1, 0.15) is 31.7 Å². The van der Waals surface area contributed by atoms with E-state index in [9.17, 15) is 17.6 Å². The number of amides is 1. The van der Waals surface area contributed by atoms with Crippen LogP contribution in [0.15, 0.2) is 22.7 Å². The number of halogens is 2. The fourth-order valence-corrected chi connectivity index (χ4v) is 4.61. The quantitative estimate of drug-likeness (QED) is 0.768. The van der Waals surface area contributed by atoms with Crippen LogP contribution in [0, 0.1) is 11.7 Å². The number of benzene rings is 1. The van der Waals surface area contributed by atoms with Crippen LogP contribution < -0.4 is 5.32 Å². The van der Waals surface area contributed by atoms with Gasteiger partial charge in [0.1, 0.15) is 5.82 Å². The van der Waals surface area contributed by atoms with Crippen LogP contribution in [0.2, 0.25) is 0 Å². The average molecular weight is 421 g/mol. The first-order valence-electron chi connectivity index (χ1n) is 8.03. The van der Waals surface area contributed by atoms with Crippen molar-refractivity contribution in [2.24, 2.45) is 5.92 Å². The van der Waals surface area contributed by atoms with E-state index in [1.807, 2.05) is 6.92 Å². The van der Waals surface area contributed by atoms with Gasteiger partial charge in [0.2, 0.25) is 15.9 Å². The molecule has 2 rings (SSSR count). The van der Waals surface area contributed by atoms with Gasteiger partial charge in [-0.1, -0.05) is 13.0 Å². The molecule has 1 aliphatic heterocycles. The van der Waals surface area contributed by atoms with Crippen molar-refractivity contribution in [1.29, 1.82) is 0 Å². The van der Waals surface area contributed by atoms with E-state index >= 15 is 0 Å². The van der Waals surface area contributed by atoms with Crippen LogP contribution in [0.5, 0.6) is 0 Å². The van der Waals surface area contributed by atoms with Crippen LogP contribution in [0.25, 0.3) is 0 Å². The maximum atomic E-state index is 13.5. The molecule has 8 heteroatoms. The summed E-state index contributed by atoms with van der Waals surface area (Å²) >= 11 is 3.09. The Morgan fingerprint density at radius 3 is 2.88 bits per heavy atom. The van der Waals surface area contributed by atoms with E-state index in [-0.39, 0.29) is 36.5 Å². The summed E-state index contributed by atoms with van der Waals surface area (Å²) in [5, 5.41) is 2.78. The zero-order valence-corrected chi connectivity index (χ0v) is 16.0. The molecule has 0 aromatic heterocycles. The summed E-state index contributed by atoms with van der Waals surface area (Å²) in [6.07, 6.45) is 1.90. The molecule has 1 saturated heterocycles. The van der Waals surface area contributed by atoms with E-state index < -0.39 is 10.0 Å². The normalized spacial score (nSPS) is 19.2. The van der Waals surface area contributed by atoms with Crippen molar-refractivity contribution in [1.82, 2.24) is 9.62 Å². The van der Waals surface area contributed by atoms with Crippen LogP contribution in [-0.4, -0.2) is 37.5 Å². The van der Waals surface area contributed by atoms with Crippen LogP contribution in [0.4, 0.5) is 4.39 Å². The molecule has 1 aromatic rings. The second kappa shape index (κ2) is 8.40. The number of piperidine rings is 1. The number of carbonyl (C=O) groups excluding carboxylic acids is 1. The summed E-state index contributed by atoms with van der Waals surface area (Å²) < 4.78 is 39.6. The van der Waals surface area contributed by atoms with Gasteiger partial charge in [0.15, 0.2) is 0 Å². The summed E-state index contributed by atoms with van der Waals surface area (Å²) in [5.74, 6) is -0.809. The molecule has 1 heterocycles. The molecule has 0 bridgehead atoms. The monoisotopic (exact) mass is 420 g/mol. The van der Waals surface area contributed by atoms with Gasteiger partial charge in [-0.25, -0.2) is 17.1 Å². The fraction of sp³-hybridized carbons (Fsp3) is 0.562. The minimum absolute atomic E-state index is 0.111. The number of rotatable bonds is 6. The Labute approximate surface area is 150 Å². The number of nitrogens with zero attached hydrogens (tertiary/aromatic N) is 1. The van der Waals surface area contributed by atoms with E-state index in [2.05, 4.69) is 21.2 Å². The molecule has 1 atom stereocenters. The highest BCUT2D eigenvalue weighted by atomic mass is 79.9. The minimum Gasteiger partial charge on any atom is -0.352 e. The molecule has 5 nitrogen and oxygen atoms in total. The first-order valence-corrected chi connectivity index (χ1v) is 10.4. The van der Waals surface area contributed by atoms with Gasteiger partial charge in [0.05, 0.1) is 16.1 Å². The first-order chi connectivity index (χ1) is 11.3. The van der Waals surface area contributed by atoms with Crippen molar-refractivity contribution in [3.05, 3.63) is 34.1 Å². The maximum absolute atomic E-state index is 13.5. The molecule has 0 radical (unpaired) electrons. The Bertz CT molecular complexity index is 697. The summed E-state index contributed by atoms with van der Waals surface area (Å²) in [4.78, 5) is 12.3. The third-order valence-electron chi connectivity index (χ3n) is 4.06. The Morgan fingerprint density at radius 1 is 1.46 bits per heavy atom. The SMILES string of the molecule is CCCS(=O)(=O)N1CCCC(C(=O)NCc2ccc(Br)c(F)c2)C1. The molecule has 0 saturated carbocycles. The average Bonchev–Trinajstić information content (AvgIpc) is 2.56. The molecule has 1 amide bonds. The molecule has 1 aromatic carbocycles. The van der Waals surface area contributed by atoms with E-state index in [0.717, 1.165) is 0 Å². The predicted octanol–water partition coefficient (Wildman–Crippen LogP) is 2.66. The van der Waals surface area contributed by atoms with Gasteiger partial charge >= 0.3 is 0 Å². The Balaban J connectivity index is 1.93. The molecule has 1 unspecified atom stereocenters. The highest BCUT2D eigenvalue weighted by Gasteiger charge is 2.31. The molecular formula is C16H22BrFN2O3S. The number of hydrogen-bond donors (Lipinski definition) is 1. The minimum atomic E-state index is -3.28. The van der Waals surface area contributed by atoms with Crippen LogP contribution in [-0.2, 0) is 21.4 Å². The number of hydrogen-bond acceptors (Lipinski definition) is 3. The van der Waals surface area contributed by atoms with Gasteiger partial charge in [0, 0.05) is 19.6 Å². The van der Waals surface area contributed by atoms with Gasteiger partial charge in [-0.05, 0) is 52.9 Å².